The Labute approximate surface area is 149 Å². The Morgan fingerprint density at radius 1 is 0.696 bits per heavy atom. The van der Waals surface area contributed by atoms with Gasteiger partial charge in [-0.15, -0.1) is 0 Å². The van der Waals surface area contributed by atoms with Crippen LogP contribution in [0.2, 0.25) is 0 Å². The molecular weight excluding hydrogens is 280 g/mol. The van der Waals surface area contributed by atoms with Crippen molar-refractivity contribution < 1.29 is 4.74 Å². The maximum Gasteiger partial charge on any atom is 0.0648 e. The number of ether oxygens (including phenoxy) is 1. The summed E-state index contributed by atoms with van der Waals surface area (Å²) in [6.45, 7) is 27.3. The molecule has 1 aromatic carbocycles. The molecule has 0 bridgehead atoms. The molecule has 1 heteroatoms. The van der Waals surface area contributed by atoms with Crippen LogP contribution in [-0.4, -0.2) is 12.2 Å². The predicted molar refractivity (Wildman–Crippen MR) is 113 cm³/mol. The molecule has 1 nitrogen and oxygen atoms in total. The van der Waals surface area contributed by atoms with Crippen LogP contribution in [0.25, 0.3) is 0 Å². The molecule has 0 N–H and O–H groups in total. The Bertz CT molecular complexity index is 233. The van der Waals surface area contributed by atoms with Crippen molar-refractivity contribution in [3.05, 3.63) is 35.9 Å². The van der Waals surface area contributed by atoms with Gasteiger partial charge in [0.2, 0.25) is 0 Å². The Balaban J connectivity index is -0.0000000617. The minimum Gasteiger partial charge on any atom is -0.375 e. The van der Waals surface area contributed by atoms with Gasteiger partial charge in [0, 0.05) is 0 Å². The summed E-state index contributed by atoms with van der Waals surface area (Å²) in [6.07, 6.45) is 1.23. The van der Waals surface area contributed by atoms with Crippen molar-refractivity contribution in [2.75, 3.05) is 6.61 Å². The smallest absolute Gasteiger partial charge is 0.0648 e. The lowest BCUT2D eigenvalue weighted by atomic mass is 10.0. The Kier molecular flexibility index (Phi) is 48.3. The van der Waals surface area contributed by atoms with Gasteiger partial charge in [0.1, 0.15) is 0 Å². The van der Waals surface area contributed by atoms with E-state index in [1.54, 1.807) is 0 Å². The number of hydrogen-bond donors (Lipinski definition) is 0. The normalized spacial score (nSPS) is 11.5. The molecular formula is C22H48O. The molecule has 1 aliphatic rings. The molecule has 0 spiro atoms. The molecule has 1 aromatic rings. The largest absolute Gasteiger partial charge is 0.375 e. The molecule has 0 radical (unpaired) electrons. The van der Waals surface area contributed by atoms with E-state index >= 15 is 0 Å². The molecule has 1 heterocycles. The average molecular weight is 329 g/mol. The van der Waals surface area contributed by atoms with Crippen molar-refractivity contribution in [3.63, 3.8) is 0 Å². The molecule has 23 heavy (non-hydrogen) atoms. The van der Waals surface area contributed by atoms with Crippen LogP contribution in [0.5, 0.6) is 0 Å². The summed E-state index contributed by atoms with van der Waals surface area (Å²) in [4.78, 5) is 0. The maximum absolute atomic E-state index is 5.12. The van der Waals surface area contributed by atoms with Crippen LogP contribution >= 0.6 is 0 Å². The molecule has 1 fully saturated rings. The molecule has 1 saturated heterocycles. The number of rotatable bonds is 0. The zero-order valence-corrected chi connectivity index (χ0v) is 18.7. The first-order valence-electron chi connectivity index (χ1n) is 9.76. The molecule has 0 aliphatic carbocycles. The van der Waals surface area contributed by atoms with Crippen LogP contribution in [0.15, 0.2) is 30.3 Å². The molecule has 0 amide bonds. The highest BCUT2D eigenvalue weighted by molar-refractivity contribution is 5.11. The third-order valence-electron chi connectivity index (χ3n) is 2.14. The highest BCUT2D eigenvalue weighted by Crippen LogP contribution is 2.23. The van der Waals surface area contributed by atoms with Crippen LogP contribution in [0, 0.1) is 6.92 Å². The van der Waals surface area contributed by atoms with Crippen LogP contribution in [0.1, 0.15) is 95.1 Å². The van der Waals surface area contributed by atoms with Gasteiger partial charge in [-0.2, -0.15) is 0 Å². The third kappa shape index (κ3) is 33.8. The molecule has 142 valence electrons. The van der Waals surface area contributed by atoms with Crippen LogP contribution in [0.3, 0.4) is 0 Å². The lowest BCUT2D eigenvalue weighted by Gasteiger charge is -2.34. The standard InChI is InChI=1S/C7H8.C5H10O.5C2H6/c1-7-5-3-2-4-6-7;1-5(2)3-4-6-5;5*1-2/h2-6H,1H3;3-4H2,1-2H3;5*1-2H3. The topological polar surface area (TPSA) is 9.23 Å². The first kappa shape index (κ1) is 33.7. The zero-order chi connectivity index (χ0) is 19.7. The van der Waals surface area contributed by atoms with Crippen molar-refractivity contribution in [1.82, 2.24) is 0 Å². The van der Waals surface area contributed by atoms with Gasteiger partial charge >= 0.3 is 0 Å². The molecule has 0 saturated carbocycles. The lowest BCUT2D eigenvalue weighted by molar-refractivity contribution is -0.120. The summed E-state index contributed by atoms with van der Waals surface area (Å²) in [5.41, 5.74) is 1.54. The summed E-state index contributed by atoms with van der Waals surface area (Å²) in [5, 5.41) is 0. The quantitative estimate of drug-likeness (QED) is 0.465. The number of hydrogen-bond acceptors (Lipinski definition) is 1. The molecule has 2 rings (SSSR count). The Morgan fingerprint density at radius 3 is 1.04 bits per heavy atom. The third-order valence-corrected chi connectivity index (χ3v) is 2.14. The highest BCUT2D eigenvalue weighted by Gasteiger charge is 2.26. The van der Waals surface area contributed by atoms with Crippen molar-refractivity contribution in [1.29, 1.82) is 0 Å². The molecule has 0 aromatic heterocycles. The van der Waals surface area contributed by atoms with Crippen LogP contribution in [-0.2, 0) is 4.74 Å². The van der Waals surface area contributed by atoms with E-state index in [2.05, 4.69) is 32.9 Å². The van der Waals surface area contributed by atoms with E-state index < -0.39 is 0 Å². The van der Waals surface area contributed by atoms with Crippen molar-refractivity contribution in [2.45, 2.75) is 102 Å². The second kappa shape index (κ2) is 32.9. The second-order valence-electron chi connectivity index (χ2n) is 4.01. The second-order valence-corrected chi connectivity index (χ2v) is 4.01. The van der Waals surface area contributed by atoms with E-state index in [0.29, 0.717) is 0 Å². The van der Waals surface area contributed by atoms with Gasteiger partial charge in [-0.3, -0.25) is 0 Å². The van der Waals surface area contributed by atoms with E-state index in [9.17, 15) is 0 Å². The minimum atomic E-state index is 0.222. The van der Waals surface area contributed by atoms with Crippen molar-refractivity contribution in [2.24, 2.45) is 0 Å². The summed E-state index contributed by atoms with van der Waals surface area (Å²) >= 11 is 0. The zero-order valence-electron chi connectivity index (χ0n) is 18.7. The fourth-order valence-electron chi connectivity index (χ4n) is 1.04. The summed E-state index contributed by atoms with van der Waals surface area (Å²) in [7, 11) is 0. The summed E-state index contributed by atoms with van der Waals surface area (Å²) in [5.74, 6) is 0. The van der Waals surface area contributed by atoms with Crippen molar-refractivity contribution >= 4 is 0 Å². The number of aryl methyl sites for hydroxylation is 1. The predicted octanol–water partition coefficient (Wildman–Crippen LogP) is 8.31. The Hall–Kier alpha value is -0.820. The Morgan fingerprint density at radius 2 is 0.957 bits per heavy atom. The van der Waals surface area contributed by atoms with E-state index in [1.165, 1.54) is 12.0 Å². The molecule has 0 unspecified atom stereocenters. The van der Waals surface area contributed by atoms with E-state index in [4.69, 9.17) is 4.74 Å². The highest BCUT2D eigenvalue weighted by atomic mass is 16.5. The monoisotopic (exact) mass is 328 g/mol. The minimum absolute atomic E-state index is 0.222. The van der Waals surface area contributed by atoms with Gasteiger partial charge in [0.05, 0.1) is 12.2 Å². The van der Waals surface area contributed by atoms with Crippen LogP contribution < -0.4 is 0 Å². The van der Waals surface area contributed by atoms with E-state index in [1.807, 2.05) is 87.4 Å². The van der Waals surface area contributed by atoms with E-state index in [-0.39, 0.29) is 5.60 Å². The number of benzene rings is 1. The fraction of sp³-hybridized carbons (Fsp3) is 0.727. The van der Waals surface area contributed by atoms with E-state index in [0.717, 1.165) is 6.61 Å². The SMILES string of the molecule is CC.CC.CC.CC.CC.CC1(C)CCO1.Cc1ccccc1. The summed E-state index contributed by atoms with van der Waals surface area (Å²) < 4.78 is 5.12. The van der Waals surface area contributed by atoms with Gasteiger partial charge in [-0.25, -0.2) is 0 Å². The van der Waals surface area contributed by atoms with Gasteiger partial charge < -0.3 is 4.74 Å². The van der Waals surface area contributed by atoms with Crippen molar-refractivity contribution in [3.8, 4) is 0 Å². The average Bonchev–Trinajstić information content (AvgIpc) is 2.64. The first-order chi connectivity index (χ1) is 11.1. The summed E-state index contributed by atoms with van der Waals surface area (Å²) in [6, 6.07) is 10.3. The van der Waals surface area contributed by atoms with Gasteiger partial charge in [0.15, 0.2) is 0 Å². The van der Waals surface area contributed by atoms with Gasteiger partial charge in [0.25, 0.3) is 0 Å². The van der Waals surface area contributed by atoms with Gasteiger partial charge in [-0.05, 0) is 27.2 Å². The van der Waals surface area contributed by atoms with Crippen LogP contribution in [0.4, 0.5) is 0 Å². The molecule has 1 aliphatic heterocycles. The lowest BCUT2D eigenvalue weighted by Crippen LogP contribution is -2.36. The fourth-order valence-corrected chi connectivity index (χ4v) is 1.04. The molecule has 0 atom stereocenters. The maximum atomic E-state index is 5.12. The first-order valence-corrected chi connectivity index (χ1v) is 9.76. The van der Waals surface area contributed by atoms with Gasteiger partial charge in [-0.1, -0.05) is 105 Å².